The Kier molecular flexibility index (Phi) is 5.28. The molecule has 0 aliphatic carbocycles. The van der Waals surface area contributed by atoms with Gasteiger partial charge in [0.25, 0.3) is 0 Å². The molecule has 1 atom stereocenters. The van der Waals surface area contributed by atoms with Crippen LogP contribution in [0, 0.1) is 0 Å². The fourth-order valence-corrected chi connectivity index (χ4v) is 3.87. The van der Waals surface area contributed by atoms with Crippen LogP contribution >= 0.6 is 0 Å². The highest BCUT2D eigenvalue weighted by Gasteiger charge is 2.33. The van der Waals surface area contributed by atoms with E-state index in [1.54, 1.807) is 6.92 Å². The van der Waals surface area contributed by atoms with Crippen LogP contribution in [0.5, 0.6) is 0 Å². The maximum Gasteiger partial charge on any atom is 0.217 e. The molecule has 2 saturated heterocycles. The molecule has 5 heteroatoms. The number of aromatic nitrogens is 1. The first kappa shape index (κ1) is 16.4. The highest BCUT2D eigenvalue weighted by atomic mass is 16.1. The van der Waals surface area contributed by atoms with Gasteiger partial charge in [-0.05, 0) is 64.5 Å². The summed E-state index contributed by atoms with van der Waals surface area (Å²) in [7, 11) is 2.21. The van der Waals surface area contributed by atoms with Crippen molar-refractivity contribution in [2.75, 3.05) is 26.7 Å². The molecule has 126 valence electrons. The molecule has 0 spiro atoms. The summed E-state index contributed by atoms with van der Waals surface area (Å²) < 4.78 is 0. The first-order valence-corrected chi connectivity index (χ1v) is 8.78. The first-order chi connectivity index (χ1) is 11.1. The van der Waals surface area contributed by atoms with Crippen molar-refractivity contribution in [3.63, 3.8) is 0 Å². The van der Waals surface area contributed by atoms with Crippen molar-refractivity contribution in [3.8, 4) is 0 Å². The topological polar surface area (TPSA) is 48.5 Å². The summed E-state index contributed by atoms with van der Waals surface area (Å²) in [5.74, 6) is -0.00831. The molecule has 0 saturated carbocycles. The van der Waals surface area contributed by atoms with Crippen LogP contribution in [0.15, 0.2) is 18.2 Å². The monoisotopic (exact) mass is 316 g/mol. The Labute approximate surface area is 139 Å². The second-order valence-corrected chi connectivity index (χ2v) is 6.89. The van der Waals surface area contributed by atoms with Crippen LogP contribution in [0.3, 0.4) is 0 Å². The molecule has 1 N–H and O–H groups in total. The lowest BCUT2D eigenvalue weighted by Crippen LogP contribution is -2.43. The van der Waals surface area contributed by atoms with Crippen molar-refractivity contribution in [3.05, 3.63) is 29.6 Å². The number of nitrogens with one attached hydrogen (secondary N) is 1. The van der Waals surface area contributed by atoms with Crippen LogP contribution < -0.4 is 5.32 Å². The summed E-state index contributed by atoms with van der Waals surface area (Å²) in [5, 5.41) is 2.84. The number of pyridine rings is 1. The van der Waals surface area contributed by atoms with Crippen molar-refractivity contribution in [2.24, 2.45) is 0 Å². The third kappa shape index (κ3) is 4.09. The summed E-state index contributed by atoms with van der Waals surface area (Å²) in [6.07, 6.45) is 4.98. The molecule has 1 aromatic rings. The highest BCUT2D eigenvalue weighted by Crippen LogP contribution is 2.35. The second kappa shape index (κ2) is 7.41. The van der Waals surface area contributed by atoms with Crippen LogP contribution in [0.4, 0.5) is 0 Å². The van der Waals surface area contributed by atoms with Gasteiger partial charge >= 0.3 is 0 Å². The third-order valence-corrected chi connectivity index (χ3v) is 5.14. The standard InChI is InChI=1S/C18H28N4O/c1-14(23)19-13-15-5-3-6-17(20-15)18-7-4-10-22(18)16-8-11-21(2)12-9-16/h3,5-6,16,18H,4,7-13H2,1-2H3,(H,19,23)/t18-/m1/s1. The third-order valence-electron chi connectivity index (χ3n) is 5.14. The van der Waals surface area contributed by atoms with Gasteiger partial charge in [-0.15, -0.1) is 0 Å². The number of amides is 1. The molecular weight excluding hydrogens is 288 g/mol. The Hall–Kier alpha value is -1.46. The zero-order chi connectivity index (χ0) is 16.2. The molecule has 1 aromatic heterocycles. The largest absolute Gasteiger partial charge is 0.351 e. The average molecular weight is 316 g/mol. The van der Waals surface area contributed by atoms with Crippen molar-refractivity contribution in [1.82, 2.24) is 20.1 Å². The summed E-state index contributed by atoms with van der Waals surface area (Å²) in [5.41, 5.74) is 2.12. The minimum absolute atomic E-state index is 0.00831. The van der Waals surface area contributed by atoms with E-state index in [2.05, 4.69) is 34.3 Å². The molecule has 2 aliphatic heterocycles. The van der Waals surface area contributed by atoms with Crippen molar-refractivity contribution < 1.29 is 4.79 Å². The number of rotatable bonds is 4. The number of carbonyl (C=O) groups is 1. The van der Waals surface area contributed by atoms with E-state index in [-0.39, 0.29) is 5.91 Å². The Balaban J connectivity index is 1.69. The molecule has 0 bridgehead atoms. The predicted octanol–water partition coefficient (Wildman–Crippen LogP) is 1.95. The molecule has 2 fully saturated rings. The summed E-state index contributed by atoms with van der Waals surface area (Å²) >= 11 is 0. The lowest BCUT2D eigenvalue weighted by atomic mass is 10.0. The van der Waals surface area contributed by atoms with E-state index in [0.717, 1.165) is 5.69 Å². The van der Waals surface area contributed by atoms with Gasteiger partial charge in [-0.3, -0.25) is 14.7 Å². The molecule has 3 heterocycles. The Bertz CT molecular complexity index is 540. The predicted molar refractivity (Wildman–Crippen MR) is 91.0 cm³/mol. The maximum atomic E-state index is 11.1. The van der Waals surface area contributed by atoms with Gasteiger partial charge in [-0.25, -0.2) is 0 Å². The molecule has 2 aliphatic rings. The van der Waals surface area contributed by atoms with Gasteiger partial charge in [-0.2, -0.15) is 0 Å². The van der Waals surface area contributed by atoms with Gasteiger partial charge in [0, 0.05) is 13.0 Å². The summed E-state index contributed by atoms with van der Waals surface area (Å²) in [6.45, 7) is 5.65. The van der Waals surface area contributed by atoms with Crippen LogP contribution in [0.1, 0.15) is 50.0 Å². The fourth-order valence-electron chi connectivity index (χ4n) is 3.87. The average Bonchev–Trinajstić information content (AvgIpc) is 3.03. The maximum absolute atomic E-state index is 11.1. The lowest BCUT2D eigenvalue weighted by molar-refractivity contribution is -0.119. The van der Waals surface area contributed by atoms with Gasteiger partial charge in [0.05, 0.1) is 24.0 Å². The first-order valence-electron chi connectivity index (χ1n) is 8.78. The van der Waals surface area contributed by atoms with Crippen LogP contribution in [-0.2, 0) is 11.3 Å². The SMILES string of the molecule is CC(=O)NCc1cccc([C@H]2CCCN2C2CCN(C)CC2)n1. The van der Waals surface area contributed by atoms with E-state index in [1.165, 1.54) is 51.0 Å². The van der Waals surface area contributed by atoms with E-state index >= 15 is 0 Å². The van der Waals surface area contributed by atoms with Gasteiger partial charge < -0.3 is 10.2 Å². The second-order valence-electron chi connectivity index (χ2n) is 6.89. The molecule has 23 heavy (non-hydrogen) atoms. The van der Waals surface area contributed by atoms with E-state index in [0.29, 0.717) is 18.6 Å². The lowest BCUT2D eigenvalue weighted by Gasteiger charge is -2.38. The molecule has 1 amide bonds. The summed E-state index contributed by atoms with van der Waals surface area (Å²) in [4.78, 5) is 21.0. The molecule has 3 rings (SSSR count). The van der Waals surface area contributed by atoms with Crippen LogP contribution in [-0.4, -0.2) is 53.4 Å². The smallest absolute Gasteiger partial charge is 0.217 e. The minimum atomic E-state index is -0.00831. The quantitative estimate of drug-likeness (QED) is 0.922. The zero-order valence-corrected chi connectivity index (χ0v) is 14.3. The molecule has 0 unspecified atom stereocenters. The molecular formula is C18H28N4O. The fraction of sp³-hybridized carbons (Fsp3) is 0.667. The minimum Gasteiger partial charge on any atom is -0.351 e. The van der Waals surface area contributed by atoms with Gasteiger partial charge in [0.2, 0.25) is 5.91 Å². The number of carbonyl (C=O) groups excluding carboxylic acids is 1. The van der Waals surface area contributed by atoms with Crippen molar-refractivity contribution >= 4 is 5.91 Å². The van der Waals surface area contributed by atoms with E-state index < -0.39 is 0 Å². The Morgan fingerprint density at radius 2 is 2.04 bits per heavy atom. The van der Waals surface area contributed by atoms with Gasteiger partial charge in [0.15, 0.2) is 0 Å². The molecule has 0 radical (unpaired) electrons. The van der Waals surface area contributed by atoms with Gasteiger partial charge in [0.1, 0.15) is 0 Å². The van der Waals surface area contributed by atoms with Crippen molar-refractivity contribution in [1.29, 1.82) is 0 Å². The normalized spacial score (nSPS) is 24.0. The van der Waals surface area contributed by atoms with Crippen molar-refractivity contribution in [2.45, 2.75) is 51.2 Å². The number of nitrogens with zero attached hydrogens (tertiary/aromatic N) is 3. The Morgan fingerprint density at radius 1 is 1.26 bits per heavy atom. The Morgan fingerprint density at radius 3 is 2.78 bits per heavy atom. The molecule has 0 aromatic carbocycles. The molecule has 5 nitrogen and oxygen atoms in total. The van der Waals surface area contributed by atoms with Gasteiger partial charge in [-0.1, -0.05) is 6.07 Å². The van der Waals surface area contributed by atoms with E-state index in [1.807, 2.05) is 6.07 Å². The number of hydrogen-bond acceptors (Lipinski definition) is 4. The number of piperidine rings is 1. The van der Waals surface area contributed by atoms with Crippen LogP contribution in [0.25, 0.3) is 0 Å². The highest BCUT2D eigenvalue weighted by molar-refractivity contribution is 5.72. The van der Waals surface area contributed by atoms with Crippen LogP contribution in [0.2, 0.25) is 0 Å². The van der Waals surface area contributed by atoms with E-state index in [4.69, 9.17) is 4.98 Å². The number of likely N-dealkylation sites (tertiary alicyclic amines) is 2. The summed E-state index contributed by atoms with van der Waals surface area (Å²) in [6, 6.07) is 7.36. The number of hydrogen-bond donors (Lipinski definition) is 1. The van der Waals surface area contributed by atoms with E-state index in [9.17, 15) is 4.79 Å². The zero-order valence-electron chi connectivity index (χ0n) is 14.3.